The number of H-pyrrole nitrogens is 1. The first-order valence-electron chi connectivity index (χ1n) is 8.81. The Labute approximate surface area is 155 Å². The van der Waals surface area contributed by atoms with Crippen molar-refractivity contribution in [2.24, 2.45) is 0 Å². The van der Waals surface area contributed by atoms with Gasteiger partial charge in [0.25, 0.3) is 5.56 Å². The van der Waals surface area contributed by atoms with Gasteiger partial charge in [-0.3, -0.25) is 4.79 Å². The maximum Gasteiger partial charge on any atom is 0.338 e. The van der Waals surface area contributed by atoms with Crippen LogP contribution in [-0.2, 0) is 24.2 Å². The number of aromatic amines is 1. The van der Waals surface area contributed by atoms with E-state index in [-0.39, 0.29) is 18.1 Å². The minimum atomic E-state index is -0.389. The zero-order chi connectivity index (χ0) is 18.3. The van der Waals surface area contributed by atoms with Gasteiger partial charge in [-0.2, -0.15) is 0 Å². The van der Waals surface area contributed by atoms with Gasteiger partial charge in [-0.15, -0.1) is 11.3 Å². The third-order valence-corrected chi connectivity index (χ3v) is 6.11. The van der Waals surface area contributed by atoms with E-state index < -0.39 is 0 Å². The van der Waals surface area contributed by atoms with Gasteiger partial charge in [0, 0.05) is 4.88 Å². The molecule has 0 saturated heterocycles. The average molecular weight is 368 g/mol. The van der Waals surface area contributed by atoms with Crippen LogP contribution in [0.25, 0.3) is 10.2 Å². The number of aromatic nitrogens is 2. The van der Waals surface area contributed by atoms with E-state index in [1.54, 1.807) is 0 Å². The molecule has 6 heteroatoms. The number of nitrogens with zero attached hydrogens (tertiary/aromatic N) is 1. The summed E-state index contributed by atoms with van der Waals surface area (Å²) in [6.07, 6.45) is 4.46. The van der Waals surface area contributed by atoms with Gasteiger partial charge < -0.3 is 9.72 Å². The molecule has 0 aliphatic heterocycles. The van der Waals surface area contributed by atoms with Gasteiger partial charge in [-0.25, -0.2) is 9.78 Å². The quantitative estimate of drug-likeness (QED) is 0.713. The van der Waals surface area contributed by atoms with Crippen molar-refractivity contribution in [3.05, 3.63) is 61.5 Å². The highest BCUT2D eigenvalue weighted by atomic mass is 32.1. The van der Waals surface area contributed by atoms with Crippen LogP contribution in [-0.4, -0.2) is 15.9 Å². The number of esters is 1. The molecule has 0 amide bonds. The topological polar surface area (TPSA) is 72.0 Å². The average Bonchev–Trinajstić information content (AvgIpc) is 2.93. The van der Waals surface area contributed by atoms with Crippen molar-refractivity contribution in [2.75, 3.05) is 0 Å². The van der Waals surface area contributed by atoms with Crippen LogP contribution in [0.3, 0.4) is 0 Å². The van der Waals surface area contributed by atoms with Crippen LogP contribution in [0.5, 0.6) is 0 Å². The van der Waals surface area contributed by atoms with Crippen LogP contribution in [0.1, 0.15) is 50.6 Å². The Kier molecular flexibility index (Phi) is 4.36. The second-order valence-corrected chi connectivity index (χ2v) is 7.95. The Morgan fingerprint density at radius 2 is 2.00 bits per heavy atom. The molecule has 0 unspecified atom stereocenters. The molecule has 0 spiro atoms. The lowest BCUT2D eigenvalue weighted by Crippen LogP contribution is -2.14. The summed E-state index contributed by atoms with van der Waals surface area (Å²) in [6, 6.07) is 5.77. The second kappa shape index (κ2) is 6.68. The molecular weight excluding hydrogens is 348 g/mol. The van der Waals surface area contributed by atoms with Gasteiger partial charge in [0.05, 0.1) is 10.9 Å². The monoisotopic (exact) mass is 368 g/mol. The summed E-state index contributed by atoms with van der Waals surface area (Å²) in [7, 11) is 0. The van der Waals surface area contributed by atoms with Gasteiger partial charge >= 0.3 is 5.97 Å². The first-order valence-corrected chi connectivity index (χ1v) is 9.62. The Morgan fingerprint density at radius 1 is 1.23 bits per heavy atom. The van der Waals surface area contributed by atoms with E-state index in [2.05, 4.69) is 9.97 Å². The SMILES string of the molecule is Cc1sc2nc(COC(=O)c3ccc4c(c3)CCCC4)[nH]c(=O)c2c1C. The zero-order valence-corrected chi connectivity index (χ0v) is 15.7. The van der Waals surface area contributed by atoms with Gasteiger partial charge in [0.15, 0.2) is 0 Å². The van der Waals surface area contributed by atoms with E-state index in [1.807, 2.05) is 32.0 Å². The normalized spacial score (nSPS) is 13.6. The third-order valence-electron chi connectivity index (χ3n) is 5.01. The molecule has 134 valence electrons. The van der Waals surface area contributed by atoms with Crippen molar-refractivity contribution in [3.8, 4) is 0 Å². The van der Waals surface area contributed by atoms with Gasteiger partial charge in [-0.1, -0.05) is 6.07 Å². The molecule has 26 heavy (non-hydrogen) atoms. The van der Waals surface area contributed by atoms with Crippen molar-refractivity contribution in [1.29, 1.82) is 0 Å². The summed E-state index contributed by atoms with van der Waals surface area (Å²) < 4.78 is 5.38. The fourth-order valence-electron chi connectivity index (χ4n) is 3.45. The molecule has 2 heterocycles. The van der Waals surface area contributed by atoms with E-state index in [0.717, 1.165) is 29.7 Å². The van der Waals surface area contributed by atoms with Crippen molar-refractivity contribution < 1.29 is 9.53 Å². The summed E-state index contributed by atoms with van der Waals surface area (Å²) >= 11 is 1.48. The zero-order valence-electron chi connectivity index (χ0n) is 14.8. The molecule has 1 aliphatic carbocycles. The number of nitrogens with one attached hydrogen (secondary N) is 1. The van der Waals surface area contributed by atoms with Crippen molar-refractivity contribution in [3.63, 3.8) is 0 Å². The molecule has 3 aromatic rings. The van der Waals surface area contributed by atoms with E-state index in [1.165, 1.54) is 28.9 Å². The standard InChI is InChI=1S/C20H20N2O3S/c1-11-12(2)26-19-17(11)18(23)21-16(22-19)10-25-20(24)15-8-7-13-5-3-4-6-14(13)9-15/h7-9H,3-6,10H2,1-2H3,(H,21,22,23). The molecular formula is C20H20N2O3S. The first kappa shape index (κ1) is 17.0. The van der Waals surface area contributed by atoms with E-state index in [0.29, 0.717) is 21.6 Å². The van der Waals surface area contributed by atoms with Crippen molar-refractivity contribution in [1.82, 2.24) is 9.97 Å². The maximum atomic E-state index is 12.4. The highest BCUT2D eigenvalue weighted by Gasteiger charge is 2.16. The van der Waals surface area contributed by atoms with Gasteiger partial charge in [0.1, 0.15) is 17.3 Å². The largest absolute Gasteiger partial charge is 0.454 e. The number of thiophene rings is 1. The van der Waals surface area contributed by atoms with Crippen molar-refractivity contribution >= 4 is 27.5 Å². The molecule has 0 atom stereocenters. The Bertz CT molecular complexity index is 1060. The minimum Gasteiger partial charge on any atom is -0.454 e. The summed E-state index contributed by atoms with van der Waals surface area (Å²) in [5.41, 5.74) is 3.89. The van der Waals surface area contributed by atoms with Crippen LogP contribution in [0, 0.1) is 13.8 Å². The highest BCUT2D eigenvalue weighted by molar-refractivity contribution is 7.18. The Morgan fingerprint density at radius 3 is 2.81 bits per heavy atom. The molecule has 4 rings (SSSR count). The number of aryl methyl sites for hydroxylation is 4. The molecule has 0 fully saturated rings. The van der Waals surface area contributed by atoms with Crippen LogP contribution >= 0.6 is 11.3 Å². The second-order valence-electron chi connectivity index (χ2n) is 6.74. The lowest BCUT2D eigenvalue weighted by atomic mass is 9.90. The first-order chi connectivity index (χ1) is 12.5. The van der Waals surface area contributed by atoms with Crippen LogP contribution in [0.4, 0.5) is 0 Å². The van der Waals surface area contributed by atoms with E-state index in [9.17, 15) is 9.59 Å². The molecule has 0 saturated carbocycles. The Balaban J connectivity index is 1.53. The van der Waals surface area contributed by atoms with E-state index >= 15 is 0 Å². The molecule has 2 aromatic heterocycles. The molecule has 1 aliphatic rings. The minimum absolute atomic E-state index is 0.0446. The third kappa shape index (κ3) is 3.05. The Hall–Kier alpha value is -2.47. The fraction of sp³-hybridized carbons (Fsp3) is 0.350. The number of hydrogen-bond acceptors (Lipinski definition) is 5. The maximum absolute atomic E-state index is 12.4. The van der Waals surface area contributed by atoms with Crippen LogP contribution in [0.2, 0.25) is 0 Å². The van der Waals surface area contributed by atoms with Gasteiger partial charge in [0.2, 0.25) is 0 Å². The van der Waals surface area contributed by atoms with Crippen LogP contribution in [0.15, 0.2) is 23.0 Å². The number of carbonyl (C=O) groups is 1. The number of hydrogen-bond donors (Lipinski definition) is 1. The van der Waals surface area contributed by atoms with Crippen LogP contribution < -0.4 is 5.56 Å². The molecule has 0 bridgehead atoms. The summed E-state index contributed by atoms with van der Waals surface area (Å²) in [6.45, 7) is 3.84. The number of benzene rings is 1. The number of ether oxygens (including phenoxy) is 1. The number of fused-ring (bicyclic) bond motifs is 2. The molecule has 1 N–H and O–H groups in total. The molecule has 0 radical (unpaired) electrons. The van der Waals surface area contributed by atoms with Gasteiger partial charge in [-0.05, 0) is 68.4 Å². The van der Waals surface area contributed by atoms with Crippen molar-refractivity contribution in [2.45, 2.75) is 46.1 Å². The lowest BCUT2D eigenvalue weighted by molar-refractivity contribution is 0.0462. The number of carbonyl (C=O) groups excluding carboxylic acids is 1. The predicted molar refractivity (Wildman–Crippen MR) is 102 cm³/mol. The summed E-state index contributed by atoms with van der Waals surface area (Å²) in [5.74, 6) is -0.0188. The highest BCUT2D eigenvalue weighted by Crippen LogP contribution is 2.26. The number of rotatable bonds is 3. The molecule has 5 nitrogen and oxygen atoms in total. The summed E-state index contributed by atoms with van der Waals surface area (Å²) in [5, 5.41) is 0.622. The molecule has 1 aromatic carbocycles. The predicted octanol–water partition coefficient (Wildman–Crippen LogP) is 3.84. The summed E-state index contributed by atoms with van der Waals surface area (Å²) in [4.78, 5) is 33.6. The smallest absolute Gasteiger partial charge is 0.338 e. The lowest BCUT2D eigenvalue weighted by Gasteiger charge is -2.16. The van der Waals surface area contributed by atoms with E-state index in [4.69, 9.17) is 4.74 Å². The fourth-order valence-corrected chi connectivity index (χ4v) is 4.49.